The van der Waals surface area contributed by atoms with Gasteiger partial charge in [0.15, 0.2) is 5.82 Å². The zero-order chi connectivity index (χ0) is 26.5. The molecule has 4 aromatic rings. The monoisotopic (exact) mass is 538 g/mol. The van der Waals surface area contributed by atoms with Crippen molar-refractivity contribution in [3.63, 3.8) is 0 Å². The average Bonchev–Trinajstić information content (AvgIpc) is 3.38. The van der Waals surface area contributed by atoms with Crippen LogP contribution < -0.4 is 11.3 Å². The fourth-order valence-corrected chi connectivity index (χ4v) is 5.15. The number of nitrogens with one attached hydrogen (secondary N) is 1. The Bertz CT molecular complexity index is 1500. The number of unbranched alkanes of at least 4 members (excludes halogenated alkanes) is 1. The van der Waals surface area contributed by atoms with Gasteiger partial charge in [0.1, 0.15) is 5.82 Å². The predicted molar refractivity (Wildman–Crippen MR) is 153 cm³/mol. The molecule has 1 atom stereocenters. The minimum absolute atomic E-state index is 0. The molecule has 1 N–H and O–H groups in total. The molecule has 2 aromatic heterocycles. The van der Waals surface area contributed by atoms with Crippen LogP contribution >= 0.6 is 0 Å². The van der Waals surface area contributed by atoms with Crippen molar-refractivity contribution in [2.24, 2.45) is 0 Å². The summed E-state index contributed by atoms with van der Waals surface area (Å²) < 4.78 is 12.4. The molecule has 5 rings (SSSR count). The normalized spacial score (nSPS) is 15.2. The summed E-state index contributed by atoms with van der Waals surface area (Å²) in [5.74, 6) is 0.566. The molecule has 3 heterocycles. The second kappa shape index (κ2) is 13.5. The third-order valence-corrected chi connectivity index (χ3v) is 7.23. The molecule has 0 spiro atoms. The Balaban J connectivity index is 0.00000353. The summed E-state index contributed by atoms with van der Waals surface area (Å²) in [6.45, 7) is 5.39. The summed E-state index contributed by atoms with van der Waals surface area (Å²) in [7, 11) is 0. The zero-order valence-electron chi connectivity index (χ0n) is 22.0. The van der Waals surface area contributed by atoms with Crippen LogP contribution in [0.4, 0.5) is 0 Å². The van der Waals surface area contributed by atoms with Gasteiger partial charge in [-0.2, -0.15) is 0 Å². The Kier molecular flexibility index (Phi) is 10.1. The first-order valence-corrected chi connectivity index (χ1v) is 13.5. The maximum absolute atomic E-state index is 13.8. The van der Waals surface area contributed by atoms with Crippen molar-refractivity contribution >= 4 is 29.6 Å². The Morgan fingerprint density at radius 2 is 1.82 bits per heavy atom. The first kappa shape index (κ1) is 29.2. The molecule has 1 aliphatic heterocycles. The van der Waals surface area contributed by atoms with Crippen molar-refractivity contribution in [3.8, 4) is 22.5 Å². The Morgan fingerprint density at radius 1 is 1.05 bits per heavy atom. The number of nitrogens with zero attached hydrogens (tertiary/aromatic N) is 3. The van der Waals surface area contributed by atoms with Gasteiger partial charge in [0.25, 0.3) is 5.56 Å². The van der Waals surface area contributed by atoms with Crippen LogP contribution in [0.2, 0.25) is 0 Å². The van der Waals surface area contributed by atoms with Crippen molar-refractivity contribution in [1.82, 2.24) is 19.7 Å². The van der Waals surface area contributed by atoms with Gasteiger partial charge in [-0.25, -0.2) is 9.78 Å². The number of hydrogen-bond acceptors (Lipinski definition) is 6. The molecule has 1 unspecified atom stereocenters. The molecule has 9 heteroatoms. The number of H-pyrrole nitrogens is 1. The van der Waals surface area contributed by atoms with E-state index in [9.17, 15) is 9.59 Å². The van der Waals surface area contributed by atoms with Gasteiger partial charge < -0.3 is 4.74 Å². The molecule has 1 aliphatic rings. The Morgan fingerprint density at radius 3 is 2.49 bits per heavy atom. The predicted octanol–water partition coefficient (Wildman–Crippen LogP) is 4.42. The van der Waals surface area contributed by atoms with Crippen LogP contribution in [-0.2, 0) is 24.1 Å². The molecule has 2 aromatic carbocycles. The third-order valence-electron chi connectivity index (χ3n) is 7.23. The Labute approximate surface area is 250 Å². The molecule has 1 saturated heterocycles. The second-order valence-electron chi connectivity index (χ2n) is 9.96. The van der Waals surface area contributed by atoms with Gasteiger partial charge in [0, 0.05) is 24.2 Å². The SMILES string of the molecule is CCCCc1nc(C)n(CC2CCCCO2)c(=O)c1Cc1ccc(-c2ccccc2-c2noc(=O)[nH]2)cc1.[NaH]. The van der Waals surface area contributed by atoms with Crippen molar-refractivity contribution in [1.29, 1.82) is 0 Å². The number of hydrogen-bond donors (Lipinski definition) is 1. The van der Waals surface area contributed by atoms with Crippen molar-refractivity contribution < 1.29 is 9.26 Å². The quantitative estimate of drug-likeness (QED) is 0.317. The summed E-state index contributed by atoms with van der Waals surface area (Å²) in [5, 5.41) is 3.85. The van der Waals surface area contributed by atoms with E-state index in [4.69, 9.17) is 14.2 Å². The maximum atomic E-state index is 13.8. The fourth-order valence-electron chi connectivity index (χ4n) is 5.15. The van der Waals surface area contributed by atoms with Crippen LogP contribution in [0.15, 0.2) is 62.6 Å². The van der Waals surface area contributed by atoms with Gasteiger partial charge in [-0.3, -0.25) is 18.9 Å². The van der Waals surface area contributed by atoms with E-state index in [2.05, 4.69) is 29.2 Å². The molecular formula is C30H35N4NaO4. The fraction of sp³-hybridized carbons (Fsp3) is 0.400. The number of aromatic amines is 1. The van der Waals surface area contributed by atoms with Crippen LogP contribution in [0.25, 0.3) is 22.5 Å². The number of benzene rings is 2. The van der Waals surface area contributed by atoms with E-state index in [-0.39, 0.29) is 41.2 Å². The molecule has 0 aliphatic carbocycles. The third kappa shape index (κ3) is 6.87. The van der Waals surface area contributed by atoms with Gasteiger partial charge in [-0.1, -0.05) is 67.0 Å². The summed E-state index contributed by atoms with van der Waals surface area (Å²) >= 11 is 0. The number of ether oxygens (including phenoxy) is 1. The molecule has 1 fully saturated rings. The van der Waals surface area contributed by atoms with Crippen LogP contribution in [0.1, 0.15) is 61.7 Å². The van der Waals surface area contributed by atoms with E-state index in [0.29, 0.717) is 18.8 Å². The van der Waals surface area contributed by atoms with Gasteiger partial charge in [-0.05, 0) is 55.7 Å². The standard InChI is InChI=1S/C30H34N4O4.Na.H/c1-3-4-12-27-26(29(35)34(20(2)31-27)19-23-9-7-8-17-37-23)18-21-13-15-22(16-14-21)24-10-5-6-11-25(24)28-32-30(36)38-33-28;;/h5-6,10-11,13-16,23H,3-4,7-9,12,17-19H2,1-2H3,(H,32,33,36);;. The van der Waals surface area contributed by atoms with Gasteiger partial charge >= 0.3 is 35.3 Å². The molecule has 0 saturated carbocycles. The van der Waals surface area contributed by atoms with E-state index in [0.717, 1.165) is 84.5 Å². The van der Waals surface area contributed by atoms with E-state index in [1.165, 1.54) is 0 Å². The Hall–Kier alpha value is -2.78. The zero-order valence-corrected chi connectivity index (χ0v) is 22.0. The van der Waals surface area contributed by atoms with Crippen molar-refractivity contribution in [2.75, 3.05) is 6.61 Å². The van der Waals surface area contributed by atoms with Gasteiger partial charge in [0.05, 0.1) is 18.3 Å². The van der Waals surface area contributed by atoms with Gasteiger partial charge in [0.2, 0.25) is 0 Å². The first-order chi connectivity index (χ1) is 18.5. The summed E-state index contributed by atoms with van der Waals surface area (Å²) in [6.07, 6.45) is 6.62. The van der Waals surface area contributed by atoms with Crippen LogP contribution in [0.5, 0.6) is 0 Å². The van der Waals surface area contributed by atoms with Crippen LogP contribution in [-0.4, -0.2) is 62.0 Å². The molecular weight excluding hydrogens is 503 g/mol. The molecule has 0 bridgehead atoms. The van der Waals surface area contributed by atoms with Crippen molar-refractivity contribution in [2.45, 2.75) is 71.4 Å². The van der Waals surface area contributed by atoms with Gasteiger partial charge in [-0.15, -0.1) is 0 Å². The molecule has 8 nitrogen and oxygen atoms in total. The summed E-state index contributed by atoms with van der Waals surface area (Å²) in [5.41, 5.74) is 5.45. The first-order valence-electron chi connectivity index (χ1n) is 13.5. The van der Waals surface area contributed by atoms with E-state index < -0.39 is 5.76 Å². The average molecular weight is 539 g/mol. The number of rotatable bonds is 9. The number of aryl methyl sites for hydroxylation is 2. The second-order valence-corrected chi connectivity index (χ2v) is 9.96. The van der Waals surface area contributed by atoms with Crippen molar-refractivity contribution in [3.05, 3.63) is 92.1 Å². The van der Waals surface area contributed by atoms with E-state index in [1.807, 2.05) is 47.9 Å². The van der Waals surface area contributed by atoms with Crippen LogP contribution in [0.3, 0.4) is 0 Å². The van der Waals surface area contributed by atoms with Crippen LogP contribution in [0, 0.1) is 6.92 Å². The molecule has 0 radical (unpaired) electrons. The molecule has 200 valence electrons. The van der Waals surface area contributed by atoms with E-state index >= 15 is 0 Å². The topological polar surface area (TPSA) is 103 Å². The van der Waals surface area contributed by atoms with E-state index in [1.54, 1.807) is 0 Å². The minimum atomic E-state index is -0.587. The number of aromatic nitrogens is 4. The summed E-state index contributed by atoms with van der Waals surface area (Å²) in [4.78, 5) is 32.8. The molecule has 39 heavy (non-hydrogen) atoms. The molecule has 0 amide bonds. The summed E-state index contributed by atoms with van der Waals surface area (Å²) in [6, 6.07) is 15.9.